The average molecular weight is 359 g/mol. The Labute approximate surface area is 162 Å². The van der Waals surface area contributed by atoms with E-state index in [0.717, 1.165) is 16.8 Å². The van der Waals surface area contributed by atoms with Gasteiger partial charge in [0.1, 0.15) is 6.61 Å². The molecule has 0 saturated carbocycles. The maximum absolute atomic E-state index is 12.2. The molecule has 0 atom stereocenters. The summed E-state index contributed by atoms with van der Waals surface area (Å²) in [6.07, 6.45) is -0.309. The molecule has 6 radical (unpaired) electrons. The number of carbonyl (C=O) groups is 2. The number of anilines is 1. The van der Waals surface area contributed by atoms with Crippen LogP contribution >= 0.6 is 11.6 Å². The van der Waals surface area contributed by atoms with Crippen LogP contribution in [0.3, 0.4) is 0 Å². The lowest BCUT2D eigenvalue weighted by molar-refractivity contribution is -0.117. The minimum Gasteiger partial charge on any atom is -0.388 e. The summed E-state index contributed by atoms with van der Waals surface area (Å²) in [6.45, 7) is -0.0564. The zero-order chi connectivity index (χ0) is 19.3. The molecule has 124 valence electrons. The van der Waals surface area contributed by atoms with Crippen molar-refractivity contribution in [2.45, 2.75) is 13.0 Å². The van der Waals surface area contributed by atoms with E-state index in [2.05, 4.69) is 23.2 Å². The van der Waals surface area contributed by atoms with Crippen LogP contribution in [0.1, 0.15) is 21.5 Å². The highest BCUT2D eigenvalue weighted by Crippen LogP contribution is 2.32. The number of aliphatic hydroxyl groups is 1. The van der Waals surface area contributed by atoms with Crippen molar-refractivity contribution in [1.29, 1.82) is 0 Å². The number of aliphatic hydroxyl groups excluding tert-OH is 1. The Kier molecular flexibility index (Phi) is 7.18. The van der Waals surface area contributed by atoms with E-state index in [1.54, 1.807) is 35.2 Å². The zero-order valence-corrected chi connectivity index (χ0v) is 14.8. The Balaban J connectivity index is 0.000000552. The van der Waals surface area contributed by atoms with E-state index in [9.17, 15) is 9.59 Å². The van der Waals surface area contributed by atoms with Gasteiger partial charge in [0, 0.05) is 45.9 Å². The SMILES string of the molecule is O=C(CO)c1ccc(CN2C(=O)Cc3cc(Cl)ccc32)cc1.[B]B([B])[B]. The van der Waals surface area contributed by atoms with Crippen molar-refractivity contribution in [2.75, 3.05) is 11.5 Å². The van der Waals surface area contributed by atoms with Crippen LogP contribution in [-0.4, -0.2) is 53.0 Å². The number of hydrogen-bond donors (Lipinski definition) is 1. The van der Waals surface area contributed by atoms with Gasteiger partial charge in [-0.15, -0.1) is 0 Å². The summed E-state index contributed by atoms with van der Waals surface area (Å²) in [5, 5.41) is 9.47. The monoisotopic (exact) mass is 359 g/mol. The minimum atomic E-state index is -0.667. The molecule has 1 heterocycles. The van der Waals surface area contributed by atoms with Crippen LogP contribution < -0.4 is 4.90 Å². The van der Waals surface area contributed by atoms with Gasteiger partial charge in [-0.1, -0.05) is 35.9 Å². The molecule has 0 unspecified atom stereocenters. The van der Waals surface area contributed by atoms with Crippen LogP contribution in [0.5, 0.6) is 0 Å². The molecule has 1 aliphatic heterocycles. The van der Waals surface area contributed by atoms with E-state index in [0.29, 0.717) is 23.6 Å². The van der Waals surface area contributed by atoms with Crippen molar-refractivity contribution in [2.24, 2.45) is 0 Å². The van der Waals surface area contributed by atoms with E-state index in [1.165, 1.54) is 0 Å². The fourth-order valence-electron chi connectivity index (χ4n) is 2.59. The Hall–Kier alpha value is -1.91. The van der Waals surface area contributed by atoms with Crippen molar-refractivity contribution in [3.8, 4) is 0 Å². The van der Waals surface area contributed by atoms with Crippen LogP contribution in [0.15, 0.2) is 42.5 Å². The molecule has 9 heteroatoms. The van der Waals surface area contributed by atoms with E-state index in [4.69, 9.17) is 16.7 Å². The normalized spacial score (nSPS) is 12.2. The summed E-state index contributed by atoms with van der Waals surface area (Å²) >= 11 is 5.96. The lowest BCUT2D eigenvalue weighted by Gasteiger charge is -2.17. The first kappa shape index (κ1) is 20.4. The summed E-state index contributed by atoms with van der Waals surface area (Å²) in [6, 6.07) is 12.4. The Morgan fingerprint density at radius 3 is 2.35 bits per heavy atom. The summed E-state index contributed by atoms with van der Waals surface area (Å²) in [4.78, 5) is 25.3. The largest absolute Gasteiger partial charge is 0.388 e. The summed E-state index contributed by atoms with van der Waals surface area (Å²) in [5.41, 5.74) is 3.20. The highest BCUT2D eigenvalue weighted by Gasteiger charge is 2.27. The highest BCUT2D eigenvalue weighted by molar-refractivity contribution is 7.49. The second kappa shape index (κ2) is 9.15. The fourth-order valence-corrected chi connectivity index (χ4v) is 2.79. The molecule has 1 aliphatic rings. The van der Waals surface area contributed by atoms with Crippen LogP contribution in [0, 0.1) is 0 Å². The number of amides is 1. The van der Waals surface area contributed by atoms with Crippen molar-refractivity contribution >= 4 is 58.6 Å². The number of hydrogen-bond acceptors (Lipinski definition) is 3. The van der Waals surface area contributed by atoms with Gasteiger partial charge in [0.05, 0.1) is 13.0 Å². The Bertz CT molecular complexity index is 796. The summed E-state index contributed by atoms with van der Waals surface area (Å²) in [5.74, 6) is -0.281. The summed E-state index contributed by atoms with van der Waals surface area (Å²) in [7, 11) is 14.0. The molecule has 3 rings (SSSR count). The van der Waals surface area contributed by atoms with Crippen molar-refractivity contribution in [3.63, 3.8) is 0 Å². The maximum Gasteiger partial charge on any atom is 0.231 e. The van der Waals surface area contributed by atoms with Crippen LogP contribution in [-0.2, 0) is 17.8 Å². The summed E-state index contributed by atoms with van der Waals surface area (Å²) < 4.78 is 0. The maximum atomic E-state index is 12.2. The highest BCUT2D eigenvalue weighted by atomic mass is 35.5. The van der Waals surface area contributed by atoms with Gasteiger partial charge in [-0.05, 0) is 29.3 Å². The van der Waals surface area contributed by atoms with E-state index in [-0.39, 0.29) is 11.7 Å². The number of carbonyl (C=O) groups excluding carboxylic acids is 2. The van der Waals surface area contributed by atoms with Crippen molar-refractivity contribution in [1.82, 2.24) is 0 Å². The molecule has 4 nitrogen and oxygen atoms in total. The number of benzene rings is 2. The second-order valence-electron chi connectivity index (χ2n) is 5.79. The first-order valence-electron chi connectivity index (χ1n) is 7.90. The second-order valence-corrected chi connectivity index (χ2v) is 6.22. The molecule has 0 saturated heterocycles. The molecule has 0 spiro atoms. The fraction of sp³-hybridized carbons (Fsp3) is 0.176. The quantitative estimate of drug-likeness (QED) is 0.657. The number of nitrogens with zero attached hydrogens (tertiary/aromatic N) is 1. The van der Waals surface area contributed by atoms with Crippen LogP contribution in [0.4, 0.5) is 5.69 Å². The zero-order valence-electron chi connectivity index (χ0n) is 14.1. The van der Waals surface area contributed by atoms with Gasteiger partial charge in [-0.3, -0.25) is 9.59 Å². The smallest absolute Gasteiger partial charge is 0.231 e. The molecule has 0 fully saturated rings. The Morgan fingerprint density at radius 2 is 1.77 bits per heavy atom. The number of ketones is 1. The van der Waals surface area contributed by atoms with Gasteiger partial charge in [-0.25, -0.2) is 0 Å². The molecule has 2 aromatic carbocycles. The van der Waals surface area contributed by atoms with E-state index >= 15 is 0 Å². The van der Waals surface area contributed by atoms with Crippen molar-refractivity contribution in [3.05, 3.63) is 64.2 Å². The number of Topliss-reactive ketones (excluding diaryl/α,β-unsaturated/α-hetero) is 1. The Morgan fingerprint density at radius 1 is 1.15 bits per heavy atom. The third kappa shape index (κ3) is 5.29. The lowest BCUT2D eigenvalue weighted by Crippen LogP contribution is -2.26. The molecule has 1 amide bonds. The van der Waals surface area contributed by atoms with Gasteiger partial charge in [0.15, 0.2) is 5.78 Å². The van der Waals surface area contributed by atoms with Crippen LogP contribution in [0.25, 0.3) is 0 Å². The van der Waals surface area contributed by atoms with Gasteiger partial charge < -0.3 is 10.0 Å². The molecule has 1 N–H and O–H groups in total. The first-order valence-corrected chi connectivity index (χ1v) is 8.28. The lowest BCUT2D eigenvalue weighted by atomic mass is 9.08. The molecule has 0 bridgehead atoms. The van der Waals surface area contributed by atoms with Crippen LogP contribution in [0.2, 0.25) is 5.02 Å². The first-order chi connectivity index (χ1) is 12.3. The third-order valence-corrected chi connectivity index (χ3v) is 3.97. The average Bonchev–Trinajstić information content (AvgIpc) is 2.89. The predicted molar refractivity (Wildman–Crippen MR) is 107 cm³/mol. The number of fused-ring (bicyclic) bond motifs is 1. The number of halogens is 1. The molecular weight excluding hydrogens is 345 g/mol. The minimum absolute atomic E-state index is 0.0350. The van der Waals surface area contributed by atoms with E-state index < -0.39 is 13.0 Å². The third-order valence-electron chi connectivity index (χ3n) is 3.74. The molecule has 0 aromatic heterocycles. The van der Waals surface area contributed by atoms with E-state index in [1.807, 2.05) is 12.1 Å². The standard InChI is InChI=1S/C17H14ClNO3.B4/c18-14-5-6-15-13(7-14)8-17(22)19(15)9-11-1-3-12(4-2-11)16(21)10-20;1-4(2)3/h1-7,20H,8-10H2;. The van der Waals surface area contributed by atoms with Gasteiger partial charge in [-0.2, -0.15) is 0 Å². The molecular formula is C17H14B4ClNO3. The number of rotatable bonds is 4. The molecule has 2 aromatic rings. The predicted octanol–water partition coefficient (Wildman–Crippen LogP) is 1.08. The van der Waals surface area contributed by atoms with Crippen molar-refractivity contribution < 1.29 is 14.7 Å². The van der Waals surface area contributed by atoms with Gasteiger partial charge in [0.2, 0.25) is 5.91 Å². The van der Waals surface area contributed by atoms with Gasteiger partial charge >= 0.3 is 0 Å². The topological polar surface area (TPSA) is 57.6 Å². The van der Waals surface area contributed by atoms with Gasteiger partial charge in [0.25, 0.3) is 0 Å². The molecule has 0 aliphatic carbocycles. The molecule has 26 heavy (non-hydrogen) atoms.